The third-order valence-corrected chi connectivity index (χ3v) is 5.44. The Morgan fingerprint density at radius 3 is 2.65 bits per heavy atom. The van der Waals surface area contributed by atoms with E-state index in [0.29, 0.717) is 0 Å². The molecule has 7 heteroatoms. The van der Waals surface area contributed by atoms with E-state index in [4.69, 9.17) is 0 Å². The van der Waals surface area contributed by atoms with Gasteiger partial charge < -0.3 is 20.2 Å². The number of nitrogens with one attached hydrogen (secondary N) is 1. The first-order valence-electron chi connectivity index (χ1n) is 9.47. The van der Waals surface area contributed by atoms with Gasteiger partial charge >= 0.3 is 0 Å². The van der Waals surface area contributed by atoms with Crippen molar-refractivity contribution in [1.29, 1.82) is 0 Å². The Kier molecular flexibility index (Phi) is 6.08. The highest BCUT2D eigenvalue weighted by Gasteiger charge is 2.31. The number of hydrogen-bond donors (Lipinski definition) is 2. The predicted octanol–water partition coefficient (Wildman–Crippen LogP) is 1.24. The number of likely N-dealkylation sites (N-methyl/N-ethyl adjacent to an activating group) is 1. The molecule has 1 saturated heterocycles. The zero-order valence-electron chi connectivity index (χ0n) is 15.4. The van der Waals surface area contributed by atoms with Gasteiger partial charge in [0.15, 0.2) is 5.69 Å². The number of carbonyl (C=O) groups is 2. The SMILES string of the molecule is CN1CCCN(C(=O)C2CCC(NC(=O)c3ncccc3O)CC2)CC1. The molecule has 2 N–H and O–H groups in total. The molecule has 0 spiro atoms. The number of amides is 2. The van der Waals surface area contributed by atoms with Gasteiger partial charge in [0.25, 0.3) is 5.91 Å². The molecule has 1 aliphatic carbocycles. The molecule has 0 bridgehead atoms. The van der Waals surface area contributed by atoms with Crippen LogP contribution in [0, 0.1) is 5.92 Å². The first-order chi connectivity index (χ1) is 12.5. The summed E-state index contributed by atoms with van der Waals surface area (Å²) >= 11 is 0. The van der Waals surface area contributed by atoms with Gasteiger partial charge in [0.05, 0.1) is 0 Å². The summed E-state index contributed by atoms with van der Waals surface area (Å²) in [6.07, 6.45) is 5.67. The average molecular weight is 360 g/mol. The average Bonchev–Trinajstić information content (AvgIpc) is 2.86. The minimum Gasteiger partial charge on any atom is -0.505 e. The highest BCUT2D eigenvalue weighted by molar-refractivity contribution is 5.94. The molecule has 0 atom stereocenters. The smallest absolute Gasteiger partial charge is 0.273 e. The molecule has 3 rings (SSSR count). The Hall–Kier alpha value is -2.15. The molecule has 1 aromatic rings. The summed E-state index contributed by atoms with van der Waals surface area (Å²) in [7, 11) is 2.10. The maximum atomic E-state index is 12.8. The molecule has 1 aliphatic heterocycles. The van der Waals surface area contributed by atoms with Gasteiger partial charge in [0.2, 0.25) is 5.91 Å². The van der Waals surface area contributed by atoms with Crippen LogP contribution in [0.25, 0.3) is 0 Å². The number of aromatic hydroxyl groups is 1. The van der Waals surface area contributed by atoms with Crippen molar-refractivity contribution in [3.63, 3.8) is 0 Å². The van der Waals surface area contributed by atoms with Gasteiger partial charge in [-0.3, -0.25) is 9.59 Å². The van der Waals surface area contributed by atoms with E-state index in [0.717, 1.165) is 58.3 Å². The van der Waals surface area contributed by atoms with Crippen LogP contribution in [0.5, 0.6) is 5.75 Å². The molecule has 142 valence electrons. The highest BCUT2D eigenvalue weighted by Crippen LogP contribution is 2.27. The number of rotatable bonds is 3. The van der Waals surface area contributed by atoms with E-state index < -0.39 is 0 Å². The lowest BCUT2D eigenvalue weighted by molar-refractivity contribution is -0.136. The summed E-state index contributed by atoms with van der Waals surface area (Å²) in [6.45, 7) is 3.64. The van der Waals surface area contributed by atoms with Crippen molar-refractivity contribution in [1.82, 2.24) is 20.1 Å². The standard InChI is InChI=1S/C19H28N4O3/c1-22-10-3-11-23(13-12-22)19(26)14-5-7-15(8-6-14)21-18(25)17-16(24)4-2-9-20-17/h2,4,9,14-15,24H,3,5-8,10-13H2,1H3,(H,21,25). The second kappa shape index (κ2) is 8.49. The fourth-order valence-corrected chi connectivity index (χ4v) is 3.84. The van der Waals surface area contributed by atoms with Crippen molar-refractivity contribution in [2.75, 3.05) is 33.2 Å². The normalized spacial score (nSPS) is 24.7. The van der Waals surface area contributed by atoms with Gasteiger partial charge in [-0.1, -0.05) is 0 Å². The number of nitrogens with zero attached hydrogens (tertiary/aromatic N) is 3. The fraction of sp³-hybridized carbons (Fsp3) is 0.632. The Morgan fingerprint density at radius 2 is 1.92 bits per heavy atom. The van der Waals surface area contributed by atoms with Crippen LogP contribution in [0.1, 0.15) is 42.6 Å². The van der Waals surface area contributed by atoms with Crippen molar-refractivity contribution in [3.05, 3.63) is 24.0 Å². The predicted molar refractivity (Wildman–Crippen MR) is 97.8 cm³/mol. The first kappa shape index (κ1) is 18.6. The maximum Gasteiger partial charge on any atom is 0.273 e. The van der Waals surface area contributed by atoms with Crippen molar-refractivity contribution >= 4 is 11.8 Å². The number of carbonyl (C=O) groups excluding carboxylic acids is 2. The van der Waals surface area contributed by atoms with Crippen LogP contribution >= 0.6 is 0 Å². The molecule has 2 aliphatic rings. The summed E-state index contributed by atoms with van der Waals surface area (Å²) in [6, 6.07) is 3.07. The molecule has 0 unspecified atom stereocenters. The third-order valence-electron chi connectivity index (χ3n) is 5.44. The van der Waals surface area contributed by atoms with E-state index in [9.17, 15) is 14.7 Å². The summed E-state index contributed by atoms with van der Waals surface area (Å²) in [5.41, 5.74) is 0.0550. The Morgan fingerprint density at radius 1 is 1.15 bits per heavy atom. The van der Waals surface area contributed by atoms with E-state index in [1.165, 1.54) is 12.3 Å². The molecular formula is C19H28N4O3. The summed E-state index contributed by atoms with van der Waals surface area (Å²) in [5.74, 6) is -0.129. The van der Waals surface area contributed by atoms with E-state index >= 15 is 0 Å². The number of pyridine rings is 1. The van der Waals surface area contributed by atoms with Crippen molar-refractivity contribution in [3.8, 4) is 5.75 Å². The molecular weight excluding hydrogens is 332 g/mol. The fourth-order valence-electron chi connectivity index (χ4n) is 3.84. The molecule has 0 radical (unpaired) electrons. The van der Waals surface area contributed by atoms with E-state index in [-0.39, 0.29) is 35.2 Å². The van der Waals surface area contributed by atoms with Crippen LogP contribution in [-0.4, -0.2) is 71.0 Å². The second-order valence-electron chi connectivity index (χ2n) is 7.38. The molecule has 2 amide bonds. The zero-order valence-corrected chi connectivity index (χ0v) is 15.4. The maximum absolute atomic E-state index is 12.8. The van der Waals surface area contributed by atoms with Gasteiger partial charge in [-0.2, -0.15) is 0 Å². The van der Waals surface area contributed by atoms with Crippen LogP contribution in [0.15, 0.2) is 18.3 Å². The Balaban J connectivity index is 1.49. The van der Waals surface area contributed by atoms with Crippen molar-refractivity contribution < 1.29 is 14.7 Å². The lowest BCUT2D eigenvalue weighted by atomic mass is 9.85. The van der Waals surface area contributed by atoms with Crippen LogP contribution in [0.4, 0.5) is 0 Å². The Bertz CT molecular complexity index is 643. The molecule has 0 aromatic carbocycles. The minimum absolute atomic E-state index is 0.0308. The summed E-state index contributed by atoms with van der Waals surface area (Å²) in [5, 5.41) is 12.7. The lowest BCUT2D eigenvalue weighted by Gasteiger charge is -2.32. The molecule has 1 aromatic heterocycles. The van der Waals surface area contributed by atoms with Gasteiger partial charge in [-0.25, -0.2) is 4.98 Å². The molecule has 26 heavy (non-hydrogen) atoms. The third kappa shape index (κ3) is 4.52. The molecule has 1 saturated carbocycles. The van der Waals surface area contributed by atoms with Gasteiger partial charge in [-0.15, -0.1) is 0 Å². The van der Waals surface area contributed by atoms with Crippen LogP contribution < -0.4 is 5.32 Å². The number of aromatic nitrogens is 1. The van der Waals surface area contributed by atoms with Crippen LogP contribution in [0.3, 0.4) is 0 Å². The van der Waals surface area contributed by atoms with Crippen LogP contribution in [0.2, 0.25) is 0 Å². The quantitative estimate of drug-likeness (QED) is 0.847. The van der Waals surface area contributed by atoms with E-state index in [1.54, 1.807) is 6.07 Å². The summed E-state index contributed by atoms with van der Waals surface area (Å²) < 4.78 is 0. The van der Waals surface area contributed by atoms with Gasteiger partial charge in [-0.05, 0) is 57.8 Å². The van der Waals surface area contributed by atoms with Crippen molar-refractivity contribution in [2.24, 2.45) is 5.92 Å². The largest absolute Gasteiger partial charge is 0.505 e. The highest BCUT2D eigenvalue weighted by atomic mass is 16.3. The zero-order chi connectivity index (χ0) is 18.5. The van der Waals surface area contributed by atoms with Gasteiger partial charge in [0.1, 0.15) is 5.75 Å². The lowest BCUT2D eigenvalue weighted by Crippen LogP contribution is -2.43. The number of hydrogen-bond acceptors (Lipinski definition) is 5. The Labute approximate surface area is 154 Å². The minimum atomic E-state index is -0.353. The first-order valence-corrected chi connectivity index (χ1v) is 9.47. The molecule has 7 nitrogen and oxygen atoms in total. The van der Waals surface area contributed by atoms with Crippen LogP contribution in [-0.2, 0) is 4.79 Å². The second-order valence-corrected chi connectivity index (χ2v) is 7.38. The molecule has 2 heterocycles. The van der Waals surface area contributed by atoms with Crippen molar-refractivity contribution in [2.45, 2.75) is 38.1 Å². The topological polar surface area (TPSA) is 85.8 Å². The monoisotopic (exact) mass is 360 g/mol. The van der Waals surface area contributed by atoms with E-state index in [2.05, 4.69) is 22.2 Å². The van der Waals surface area contributed by atoms with E-state index in [1.807, 2.05) is 4.90 Å². The van der Waals surface area contributed by atoms with Gasteiger partial charge in [0, 0.05) is 37.8 Å². The molecule has 2 fully saturated rings. The summed E-state index contributed by atoms with van der Waals surface area (Å²) in [4.78, 5) is 33.3.